The molecule has 1 heterocycles. The Hall–Kier alpha value is -0.530. The number of benzene rings is 1. The number of rotatable bonds is 4. The van der Waals surface area contributed by atoms with Gasteiger partial charge < -0.3 is 4.90 Å². The van der Waals surface area contributed by atoms with E-state index in [1.54, 1.807) is 11.1 Å². The lowest BCUT2D eigenvalue weighted by atomic mass is 9.59. The van der Waals surface area contributed by atoms with Gasteiger partial charge in [-0.2, -0.15) is 0 Å². The minimum Gasteiger partial charge on any atom is -0.303 e. The molecule has 2 fully saturated rings. The summed E-state index contributed by atoms with van der Waals surface area (Å²) in [6.45, 7) is 16.1. The number of likely N-dealkylation sites (tertiary alicyclic amines) is 1. The number of halogens is 1. The molecule has 0 N–H and O–H groups in total. The normalized spacial score (nSPS) is 26.2. The van der Waals surface area contributed by atoms with Gasteiger partial charge in [0.05, 0.1) is 0 Å². The van der Waals surface area contributed by atoms with Gasteiger partial charge in [0.15, 0.2) is 0 Å². The first-order chi connectivity index (χ1) is 12.3. The Bertz CT molecular complexity index is 576. The van der Waals surface area contributed by atoms with E-state index in [9.17, 15) is 0 Å². The highest BCUT2D eigenvalue weighted by Gasteiger charge is 2.39. The van der Waals surface area contributed by atoms with E-state index in [2.05, 4.69) is 63.8 Å². The van der Waals surface area contributed by atoms with Gasteiger partial charge in [-0.3, -0.25) is 0 Å². The fourth-order valence-electron chi connectivity index (χ4n) is 6.33. The van der Waals surface area contributed by atoms with Crippen molar-refractivity contribution >= 4 is 12.4 Å². The van der Waals surface area contributed by atoms with E-state index in [0.717, 1.165) is 11.8 Å². The topological polar surface area (TPSA) is 3.24 Å². The lowest BCUT2D eigenvalue weighted by Gasteiger charge is -2.46. The van der Waals surface area contributed by atoms with Crippen molar-refractivity contribution in [3.05, 3.63) is 35.4 Å². The average molecular weight is 392 g/mol. The van der Waals surface area contributed by atoms with Crippen molar-refractivity contribution in [1.82, 2.24) is 4.90 Å². The molecule has 27 heavy (non-hydrogen) atoms. The first-order valence-electron chi connectivity index (χ1n) is 11.1. The van der Waals surface area contributed by atoms with Gasteiger partial charge in [0, 0.05) is 0 Å². The summed E-state index contributed by atoms with van der Waals surface area (Å²) in [6, 6.07) is 9.50. The maximum atomic E-state index is 2.69. The third-order valence-corrected chi connectivity index (χ3v) is 6.79. The van der Waals surface area contributed by atoms with Crippen LogP contribution in [0.2, 0.25) is 0 Å². The van der Waals surface area contributed by atoms with E-state index in [-0.39, 0.29) is 12.4 Å². The van der Waals surface area contributed by atoms with E-state index in [1.165, 1.54) is 64.6 Å². The summed E-state index contributed by atoms with van der Waals surface area (Å²) in [7, 11) is 0. The van der Waals surface area contributed by atoms with Crippen LogP contribution in [-0.2, 0) is 0 Å². The molecule has 1 saturated carbocycles. The molecule has 0 bridgehead atoms. The first-order valence-corrected chi connectivity index (χ1v) is 11.1. The highest BCUT2D eigenvalue weighted by Crippen LogP contribution is 2.52. The summed E-state index contributed by atoms with van der Waals surface area (Å²) in [5, 5.41) is 0. The quantitative estimate of drug-likeness (QED) is 0.516. The molecule has 1 aliphatic heterocycles. The molecule has 0 radical (unpaired) electrons. The number of hydrogen-bond acceptors (Lipinski definition) is 1. The van der Waals surface area contributed by atoms with Gasteiger partial charge in [-0.15, -0.1) is 12.4 Å². The van der Waals surface area contributed by atoms with Gasteiger partial charge in [0.25, 0.3) is 0 Å². The Kier molecular flexibility index (Phi) is 7.85. The monoisotopic (exact) mass is 391 g/mol. The van der Waals surface area contributed by atoms with Crippen LogP contribution in [0.15, 0.2) is 24.3 Å². The van der Waals surface area contributed by atoms with Crippen LogP contribution in [0.25, 0.3) is 0 Å². The summed E-state index contributed by atoms with van der Waals surface area (Å²) in [4.78, 5) is 2.69. The molecular formula is C25H42ClN. The molecule has 0 aromatic heterocycles. The maximum Gasteiger partial charge on any atom is -0.00129 e. The third kappa shape index (κ3) is 5.97. The Morgan fingerprint density at radius 1 is 0.889 bits per heavy atom. The van der Waals surface area contributed by atoms with Crippen molar-refractivity contribution < 1.29 is 0 Å². The van der Waals surface area contributed by atoms with Crippen LogP contribution in [0.3, 0.4) is 0 Å². The van der Waals surface area contributed by atoms with Crippen LogP contribution in [0.4, 0.5) is 0 Å². The molecule has 0 amide bonds. The molecule has 1 unspecified atom stereocenters. The molecule has 2 heteroatoms. The second-order valence-corrected chi connectivity index (χ2v) is 10.7. The molecule has 1 aliphatic carbocycles. The lowest BCUT2D eigenvalue weighted by molar-refractivity contribution is 0.0964. The molecule has 154 valence electrons. The average Bonchev–Trinajstić information content (AvgIpc) is 2.78. The van der Waals surface area contributed by atoms with Gasteiger partial charge in [-0.1, -0.05) is 58.9 Å². The van der Waals surface area contributed by atoms with Crippen LogP contribution < -0.4 is 0 Å². The second-order valence-electron chi connectivity index (χ2n) is 10.7. The van der Waals surface area contributed by atoms with Crippen molar-refractivity contribution in [2.75, 3.05) is 19.6 Å². The molecule has 1 aromatic carbocycles. The van der Waals surface area contributed by atoms with Gasteiger partial charge >= 0.3 is 0 Å². The number of hydrogen-bond donors (Lipinski definition) is 0. The predicted octanol–water partition coefficient (Wildman–Crippen LogP) is 7.41. The fourth-order valence-corrected chi connectivity index (χ4v) is 6.33. The summed E-state index contributed by atoms with van der Waals surface area (Å²) in [6.07, 6.45) is 9.42. The van der Waals surface area contributed by atoms with E-state index >= 15 is 0 Å². The Morgan fingerprint density at radius 2 is 1.48 bits per heavy atom. The van der Waals surface area contributed by atoms with Gasteiger partial charge in [-0.05, 0) is 98.4 Å². The Balaban J connectivity index is 0.00000261. The standard InChI is InChI=1S/C25H41N.ClH/c1-6-14-26-15-9-10-20(13-16-26)22-11-7-8-12-23(22)21-17-24(2,3)19-25(4,5)18-21;/h7-8,11-12,20-21H,6,9-10,13-19H2,1-5H3;1H. The summed E-state index contributed by atoms with van der Waals surface area (Å²) < 4.78 is 0. The molecule has 1 saturated heterocycles. The van der Waals surface area contributed by atoms with Crippen LogP contribution in [-0.4, -0.2) is 24.5 Å². The minimum atomic E-state index is 0. The molecule has 1 nitrogen and oxygen atoms in total. The predicted molar refractivity (Wildman–Crippen MR) is 121 cm³/mol. The van der Waals surface area contributed by atoms with Crippen molar-refractivity contribution in [2.24, 2.45) is 10.8 Å². The molecule has 2 aliphatic rings. The smallest absolute Gasteiger partial charge is 0.00129 e. The number of nitrogens with zero attached hydrogens (tertiary/aromatic N) is 1. The summed E-state index contributed by atoms with van der Waals surface area (Å²) in [5.74, 6) is 1.50. The molecule has 3 rings (SSSR count). The van der Waals surface area contributed by atoms with Crippen molar-refractivity contribution in [2.45, 2.75) is 91.4 Å². The SMILES string of the molecule is CCCN1CCCC(c2ccccc2C2CC(C)(C)CC(C)(C)C2)CC1.Cl. The van der Waals surface area contributed by atoms with Crippen molar-refractivity contribution in [1.29, 1.82) is 0 Å². The Labute approximate surface area is 174 Å². The van der Waals surface area contributed by atoms with Crippen LogP contribution in [0.5, 0.6) is 0 Å². The summed E-state index contributed by atoms with van der Waals surface area (Å²) >= 11 is 0. The van der Waals surface area contributed by atoms with E-state index in [0.29, 0.717) is 10.8 Å². The van der Waals surface area contributed by atoms with Gasteiger partial charge in [0.1, 0.15) is 0 Å². The maximum absolute atomic E-state index is 2.69. The fraction of sp³-hybridized carbons (Fsp3) is 0.760. The zero-order chi connectivity index (χ0) is 18.8. The zero-order valence-corrected chi connectivity index (χ0v) is 19.2. The van der Waals surface area contributed by atoms with Crippen molar-refractivity contribution in [3.8, 4) is 0 Å². The van der Waals surface area contributed by atoms with Crippen LogP contribution in [0, 0.1) is 10.8 Å². The van der Waals surface area contributed by atoms with E-state index in [1.807, 2.05) is 0 Å². The largest absolute Gasteiger partial charge is 0.303 e. The van der Waals surface area contributed by atoms with Crippen LogP contribution >= 0.6 is 12.4 Å². The third-order valence-electron chi connectivity index (χ3n) is 6.79. The highest BCUT2D eigenvalue weighted by molar-refractivity contribution is 5.85. The molecule has 1 aromatic rings. The molecular weight excluding hydrogens is 350 g/mol. The first kappa shape index (κ1) is 22.8. The van der Waals surface area contributed by atoms with E-state index in [4.69, 9.17) is 0 Å². The Morgan fingerprint density at radius 3 is 2.07 bits per heavy atom. The summed E-state index contributed by atoms with van der Waals surface area (Å²) in [5.41, 5.74) is 4.29. The zero-order valence-electron chi connectivity index (χ0n) is 18.4. The van der Waals surface area contributed by atoms with Crippen molar-refractivity contribution in [3.63, 3.8) is 0 Å². The highest BCUT2D eigenvalue weighted by atomic mass is 35.5. The van der Waals surface area contributed by atoms with Gasteiger partial charge in [0.2, 0.25) is 0 Å². The molecule has 0 spiro atoms. The molecule has 1 atom stereocenters. The van der Waals surface area contributed by atoms with Crippen LogP contribution in [0.1, 0.15) is 103 Å². The van der Waals surface area contributed by atoms with Gasteiger partial charge in [-0.25, -0.2) is 0 Å². The second kappa shape index (κ2) is 9.31. The van der Waals surface area contributed by atoms with E-state index < -0.39 is 0 Å². The lowest BCUT2D eigenvalue weighted by Crippen LogP contribution is -2.33. The minimum absolute atomic E-state index is 0.